The fourth-order valence-electron chi connectivity index (χ4n) is 4.50. The quantitative estimate of drug-likeness (QED) is 0.596. The van der Waals surface area contributed by atoms with Crippen LogP contribution in [-0.2, 0) is 19.1 Å². The van der Waals surface area contributed by atoms with E-state index >= 15 is 0 Å². The van der Waals surface area contributed by atoms with Crippen molar-refractivity contribution < 1.29 is 28.6 Å². The molecule has 4 rings (SSSR count). The Morgan fingerprint density at radius 1 is 1.04 bits per heavy atom. The van der Waals surface area contributed by atoms with Crippen LogP contribution >= 0.6 is 0 Å². The number of ether oxygens (including phenoxy) is 3. The maximum absolute atomic E-state index is 13.4. The molecule has 2 aromatic carbocycles. The van der Waals surface area contributed by atoms with Gasteiger partial charge < -0.3 is 14.2 Å². The third-order valence-electron chi connectivity index (χ3n) is 6.89. The maximum Gasteiger partial charge on any atom is 0.356 e. The summed E-state index contributed by atoms with van der Waals surface area (Å²) >= 11 is 0. The first kappa shape index (κ1) is 18.5. The smallest absolute Gasteiger partial charge is 0.356 e. The molecular formula is C22H22O6. The van der Waals surface area contributed by atoms with E-state index in [1.165, 1.54) is 7.11 Å². The average molecular weight is 382 g/mol. The number of hydrogen-bond acceptors (Lipinski definition) is 6. The minimum Gasteiger partial charge on any atom is -0.465 e. The van der Waals surface area contributed by atoms with Crippen molar-refractivity contribution in [2.45, 2.75) is 39.2 Å². The first-order valence-electron chi connectivity index (χ1n) is 9.24. The second-order valence-electron chi connectivity index (χ2n) is 8.22. The van der Waals surface area contributed by atoms with Crippen LogP contribution in [0.3, 0.4) is 0 Å². The number of carbonyl (C=O) groups is 3. The van der Waals surface area contributed by atoms with Crippen molar-refractivity contribution in [1.82, 2.24) is 0 Å². The molecular weight excluding hydrogens is 360 g/mol. The zero-order chi connectivity index (χ0) is 20.3. The Labute approximate surface area is 162 Å². The van der Waals surface area contributed by atoms with Crippen LogP contribution in [0.25, 0.3) is 10.8 Å². The Kier molecular flexibility index (Phi) is 3.83. The second-order valence-corrected chi connectivity index (χ2v) is 8.22. The van der Waals surface area contributed by atoms with Crippen molar-refractivity contribution in [1.29, 1.82) is 0 Å². The number of rotatable bonds is 3. The molecule has 1 saturated heterocycles. The molecule has 146 valence electrons. The minimum atomic E-state index is -1.37. The van der Waals surface area contributed by atoms with Crippen LogP contribution < -0.4 is 4.74 Å². The molecule has 2 aromatic rings. The first-order valence-corrected chi connectivity index (χ1v) is 9.24. The Bertz CT molecular complexity index is 1020. The van der Waals surface area contributed by atoms with E-state index in [1.54, 1.807) is 24.3 Å². The molecule has 28 heavy (non-hydrogen) atoms. The summed E-state index contributed by atoms with van der Waals surface area (Å²) in [6, 6.07) is 10.6. The number of fused-ring (bicyclic) bond motifs is 3. The SMILES string of the molecule is COC(=O)c1ccc2ccccc2c1OC(=O)C12CCC(C)(C(=O)O1)C2(C)C. The lowest BCUT2D eigenvalue weighted by Gasteiger charge is -2.34. The molecule has 1 aliphatic heterocycles. The predicted molar refractivity (Wildman–Crippen MR) is 101 cm³/mol. The van der Waals surface area contributed by atoms with Gasteiger partial charge in [-0.15, -0.1) is 0 Å². The maximum atomic E-state index is 13.4. The van der Waals surface area contributed by atoms with E-state index in [0.717, 1.165) is 5.39 Å². The highest BCUT2D eigenvalue weighted by molar-refractivity contribution is 6.04. The molecule has 2 aliphatic rings. The molecule has 0 spiro atoms. The third kappa shape index (κ3) is 2.11. The lowest BCUT2D eigenvalue weighted by molar-refractivity contribution is -0.176. The molecule has 6 nitrogen and oxygen atoms in total. The summed E-state index contributed by atoms with van der Waals surface area (Å²) in [4.78, 5) is 38.1. The molecule has 6 heteroatoms. The summed E-state index contributed by atoms with van der Waals surface area (Å²) in [5.41, 5.74) is -2.70. The molecule has 2 unspecified atom stereocenters. The van der Waals surface area contributed by atoms with Crippen LogP contribution in [0.5, 0.6) is 5.75 Å². The number of esters is 3. The fraction of sp³-hybridized carbons (Fsp3) is 0.409. The summed E-state index contributed by atoms with van der Waals surface area (Å²) in [5.74, 6) is -1.53. The molecule has 2 atom stereocenters. The molecule has 1 aliphatic carbocycles. The van der Waals surface area contributed by atoms with Crippen molar-refractivity contribution in [3.63, 3.8) is 0 Å². The third-order valence-corrected chi connectivity index (χ3v) is 6.89. The van der Waals surface area contributed by atoms with Gasteiger partial charge in [-0.25, -0.2) is 9.59 Å². The Morgan fingerprint density at radius 2 is 1.75 bits per heavy atom. The predicted octanol–water partition coefficient (Wildman–Crippen LogP) is 3.65. The van der Waals surface area contributed by atoms with Crippen molar-refractivity contribution in [3.8, 4) is 5.75 Å². The van der Waals surface area contributed by atoms with Gasteiger partial charge in [-0.1, -0.05) is 44.2 Å². The van der Waals surface area contributed by atoms with Gasteiger partial charge in [-0.3, -0.25) is 4.79 Å². The number of methoxy groups -OCH3 is 1. The van der Waals surface area contributed by atoms with Crippen LogP contribution in [-0.4, -0.2) is 30.6 Å². The highest BCUT2D eigenvalue weighted by Crippen LogP contribution is 2.65. The van der Waals surface area contributed by atoms with Crippen molar-refractivity contribution in [3.05, 3.63) is 42.0 Å². The number of carbonyl (C=O) groups excluding carboxylic acids is 3. The van der Waals surface area contributed by atoms with Gasteiger partial charge in [0, 0.05) is 10.8 Å². The monoisotopic (exact) mass is 382 g/mol. The Balaban J connectivity index is 1.82. The normalized spacial score (nSPS) is 27.5. The summed E-state index contributed by atoms with van der Waals surface area (Å²) < 4.78 is 16.3. The summed E-state index contributed by atoms with van der Waals surface area (Å²) in [7, 11) is 1.27. The van der Waals surface area contributed by atoms with Crippen LogP contribution in [0.15, 0.2) is 36.4 Å². The van der Waals surface area contributed by atoms with Gasteiger partial charge in [0.2, 0.25) is 5.60 Å². The molecule has 0 aromatic heterocycles. The van der Waals surface area contributed by atoms with Crippen LogP contribution in [0.2, 0.25) is 0 Å². The standard InChI is InChI=1S/C22H22O6/c1-20(2)21(3)11-12-22(20,28-18(21)24)19(25)27-16-14-8-6-5-7-13(14)9-10-15(16)17(23)26-4/h5-10H,11-12H2,1-4H3. The zero-order valence-electron chi connectivity index (χ0n) is 16.3. The van der Waals surface area contributed by atoms with E-state index < -0.39 is 28.4 Å². The number of hydrogen-bond donors (Lipinski definition) is 0. The second kappa shape index (κ2) is 5.80. The van der Waals surface area contributed by atoms with E-state index in [4.69, 9.17) is 14.2 Å². The van der Waals surface area contributed by atoms with Crippen molar-refractivity contribution in [2.75, 3.05) is 7.11 Å². The zero-order valence-corrected chi connectivity index (χ0v) is 16.3. The van der Waals surface area contributed by atoms with Gasteiger partial charge in [0.1, 0.15) is 5.56 Å². The molecule has 1 saturated carbocycles. The fourth-order valence-corrected chi connectivity index (χ4v) is 4.50. The highest BCUT2D eigenvalue weighted by Gasteiger charge is 2.76. The van der Waals surface area contributed by atoms with Gasteiger partial charge in [0.25, 0.3) is 0 Å². The van der Waals surface area contributed by atoms with Crippen molar-refractivity contribution >= 4 is 28.7 Å². The van der Waals surface area contributed by atoms with Gasteiger partial charge in [0.15, 0.2) is 5.75 Å². The van der Waals surface area contributed by atoms with E-state index in [2.05, 4.69) is 0 Å². The topological polar surface area (TPSA) is 78.9 Å². The first-order chi connectivity index (χ1) is 13.2. The van der Waals surface area contributed by atoms with E-state index in [0.29, 0.717) is 18.2 Å². The van der Waals surface area contributed by atoms with Gasteiger partial charge in [0.05, 0.1) is 12.5 Å². The van der Waals surface area contributed by atoms with E-state index in [-0.39, 0.29) is 17.3 Å². The summed E-state index contributed by atoms with van der Waals surface area (Å²) in [6.07, 6.45) is 0.937. The molecule has 0 N–H and O–H groups in total. The Hall–Kier alpha value is -2.89. The molecule has 1 heterocycles. The van der Waals surface area contributed by atoms with Gasteiger partial charge in [-0.05, 0) is 31.2 Å². The largest absolute Gasteiger partial charge is 0.465 e. The lowest BCUT2D eigenvalue weighted by atomic mass is 9.66. The average Bonchev–Trinajstić information content (AvgIpc) is 2.98. The van der Waals surface area contributed by atoms with Gasteiger partial charge >= 0.3 is 17.9 Å². The van der Waals surface area contributed by atoms with Gasteiger partial charge in [-0.2, -0.15) is 0 Å². The van der Waals surface area contributed by atoms with Crippen LogP contribution in [0.1, 0.15) is 44.0 Å². The van der Waals surface area contributed by atoms with Crippen LogP contribution in [0, 0.1) is 10.8 Å². The highest BCUT2D eigenvalue weighted by atomic mass is 16.6. The lowest BCUT2D eigenvalue weighted by Crippen LogP contribution is -2.50. The van der Waals surface area contributed by atoms with E-state index in [9.17, 15) is 14.4 Å². The minimum absolute atomic E-state index is 0.122. The molecule has 2 bridgehead atoms. The van der Waals surface area contributed by atoms with Crippen molar-refractivity contribution in [2.24, 2.45) is 10.8 Å². The summed E-state index contributed by atoms with van der Waals surface area (Å²) in [5, 5.41) is 1.42. The Morgan fingerprint density at radius 3 is 2.36 bits per heavy atom. The molecule has 0 radical (unpaired) electrons. The molecule has 2 fully saturated rings. The van der Waals surface area contributed by atoms with E-state index in [1.807, 2.05) is 32.9 Å². The number of benzene rings is 2. The molecule has 0 amide bonds. The summed E-state index contributed by atoms with van der Waals surface area (Å²) in [6.45, 7) is 5.54. The van der Waals surface area contributed by atoms with Crippen LogP contribution in [0.4, 0.5) is 0 Å².